The first-order valence-electron chi connectivity index (χ1n) is 10.6. The molecule has 0 atom stereocenters. The summed E-state index contributed by atoms with van der Waals surface area (Å²) in [6, 6.07) is 8.36. The van der Waals surface area contributed by atoms with Crippen LogP contribution in [0.15, 0.2) is 35.1 Å². The highest BCUT2D eigenvalue weighted by Gasteiger charge is 2.23. The molecule has 4 aromatic rings. The van der Waals surface area contributed by atoms with Crippen molar-refractivity contribution in [3.8, 4) is 11.4 Å². The molecule has 0 bridgehead atoms. The molecule has 0 aliphatic carbocycles. The van der Waals surface area contributed by atoms with Crippen molar-refractivity contribution in [3.05, 3.63) is 78.4 Å². The maximum atomic E-state index is 13.1. The zero-order valence-corrected chi connectivity index (χ0v) is 21.3. The fraction of sp³-hybridized carbons (Fsp3) is 0.292. The van der Waals surface area contributed by atoms with Gasteiger partial charge in [0.05, 0.1) is 15.7 Å². The van der Waals surface area contributed by atoms with Crippen LogP contribution in [0.3, 0.4) is 0 Å². The van der Waals surface area contributed by atoms with Gasteiger partial charge in [-0.25, -0.2) is 9.67 Å². The Morgan fingerprint density at radius 3 is 2.35 bits per heavy atom. The van der Waals surface area contributed by atoms with Crippen molar-refractivity contribution < 1.29 is 5.11 Å². The SMILES string of the molecule is CC(C)c1nn(-c2c(Cl)cc(Cl)cc2Cl)c2nc(Cc3ccc(C(C)(C)N)c(O)c3)[nH]c(=O)c12. The van der Waals surface area contributed by atoms with Crippen LogP contribution in [0, 0.1) is 0 Å². The number of aromatic amines is 1. The Bertz CT molecular complexity index is 1450. The number of phenolic OH excluding ortho intramolecular Hbond substituents is 1. The first kappa shape index (κ1) is 24.5. The van der Waals surface area contributed by atoms with Gasteiger partial charge in [-0.05, 0) is 43.5 Å². The summed E-state index contributed by atoms with van der Waals surface area (Å²) in [5.74, 6) is 0.432. The summed E-state index contributed by atoms with van der Waals surface area (Å²) in [5.41, 5.74) is 7.78. The van der Waals surface area contributed by atoms with E-state index in [1.165, 1.54) is 4.68 Å². The summed E-state index contributed by atoms with van der Waals surface area (Å²) in [6.45, 7) is 7.51. The number of nitrogens with zero attached hydrogens (tertiary/aromatic N) is 3. The van der Waals surface area contributed by atoms with Gasteiger partial charge < -0.3 is 15.8 Å². The molecule has 0 radical (unpaired) electrons. The van der Waals surface area contributed by atoms with Gasteiger partial charge in [0.1, 0.15) is 22.6 Å². The van der Waals surface area contributed by atoms with Crippen LogP contribution in [0.2, 0.25) is 15.1 Å². The summed E-state index contributed by atoms with van der Waals surface area (Å²) in [6.07, 6.45) is 0.272. The molecular formula is C24H24Cl3N5O2. The molecule has 2 heterocycles. The first-order valence-corrected chi connectivity index (χ1v) is 11.8. The van der Waals surface area contributed by atoms with Gasteiger partial charge in [-0.2, -0.15) is 5.10 Å². The van der Waals surface area contributed by atoms with Gasteiger partial charge in [0, 0.05) is 22.5 Å². The second-order valence-corrected chi connectivity index (χ2v) is 10.4. The van der Waals surface area contributed by atoms with E-state index in [1.54, 1.807) is 24.3 Å². The summed E-state index contributed by atoms with van der Waals surface area (Å²) in [4.78, 5) is 20.7. The third-order valence-corrected chi connectivity index (χ3v) is 6.28. The Morgan fingerprint density at radius 1 is 1.15 bits per heavy atom. The number of H-pyrrole nitrogens is 1. The Morgan fingerprint density at radius 2 is 1.79 bits per heavy atom. The van der Waals surface area contributed by atoms with Gasteiger partial charge in [0.25, 0.3) is 5.56 Å². The molecule has 4 N–H and O–H groups in total. The first-order chi connectivity index (χ1) is 15.9. The van der Waals surface area contributed by atoms with E-state index in [-0.39, 0.29) is 33.7 Å². The van der Waals surface area contributed by atoms with Crippen molar-refractivity contribution in [2.75, 3.05) is 0 Å². The lowest BCUT2D eigenvalue weighted by atomic mass is 9.93. The van der Waals surface area contributed by atoms with E-state index in [0.29, 0.717) is 38.8 Å². The summed E-state index contributed by atoms with van der Waals surface area (Å²) < 4.78 is 1.49. The minimum absolute atomic E-state index is 0.0496. The monoisotopic (exact) mass is 519 g/mol. The van der Waals surface area contributed by atoms with Crippen molar-refractivity contribution in [1.82, 2.24) is 19.7 Å². The Balaban J connectivity index is 1.89. The number of fused-ring (bicyclic) bond motifs is 1. The lowest BCUT2D eigenvalue weighted by Gasteiger charge is -2.20. The van der Waals surface area contributed by atoms with Gasteiger partial charge in [0.2, 0.25) is 0 Å². The third kappa shape index (κ3) is 4.53. The molecule has 0 saturated carbocycles. The van der Waals surface area contributed by atoms with Gasteiger partial charge in [-0.3, -0.25) is 4.79 Å². The van der Waals surface area contributed by atoms with Crippen LogP contribution in [-0.4, -0.2) is 24.9 Å². The second kappa shape index (κ2) is 8.89. The lowest BCUT2D eigenvalue weighted by Crippen LogP contribution is -2.28. The fourth-order valence-electron chi connectivity index (χ4n) is 3.90. The van der Waals surface area contributed by atoms with Crippen LogP contribution in [0.25, 0.3) is 16.7 Å². The molecule has 10 heteroatoms. The number of hydrogen-bond acceptors (Lipinski definition) is 5. The highest BCUT2D eigenvalue weighted by molar-refractivity contribution is 6.40. The average molecular weight is 521 g/mol. The summed E-state index contributed by atoms with van der Waals surface area (Å²) in [5, 5.41) is 16.4. The van der Waals surface area contributed by atoms with E-state index in [2.05, 4.69) is 10.1 Å². The van der Waals surface area contributed by atoms with E-state index >= 15 is 0 Å². The van der Waals surface area contributed by atoms with E-state index in [1.807, 2.05) is 33.8 Å². The van der Waals surface area contributed by atoms with E-state index in [0.717, 1.165) is 5.56 Å². The van der Waals surface area contributed by atoms with Crippen LogP contribution < -0.4 is 11.3 Å². The Labute approximate surface area is 211 Å². The zero-order valence-electron chi connectivity index (χ0n) is 19.1. The maximum Gasteiger partial charge on any atom is 0.262 e. The molecule has 0 amide bonds. The molecule has 2 aromatic heterocycles. The van der Waals surface area contributed by atoms with Gasteiger partial charge in [-0.1, -0.05) is 60.8 Å². The smallest absolute Gasteiger partial charge is 0.262 e. The molecule has 0 fully saturated rings. The predicted octanol–water partition coefficient (Wildman–Crippen LogP) is 5.68. The van der Waals surface area contributed by atoms with Gasteiger partial charge in [0.15, 0.2) is 5.65 Å². The molecule has 7 nitrogen and oxygen atoms in total. The number of rotatable bonds is 5. The molecule has 178 valence electrons. The minimum Gasteiger partial charge on any atom is -0.508 e. The molecule has 0 spiro atoms. The number of hydrogen-bond donors (Lipinski definition) is 3. The van der Waals surface area contributed by atoms with Crippen LogP contribution in [-0.2, 0) is 12.0 Å². The molecule has 0 aliphatic rings. The Kier molecular flexibility index (Phi) is 6.42. The molecule has 0 saturated heterocycles. The fourth-order valence-corrected chi connectivity index (χ4v) is 4.88. The van der Waals surface area contributed by atoms with Crippen LogP contribution >= 0.6 is 34.8 Å². The lowest BCUT2D eigenvalue weighted by molar-refractivity contribution is 0.440. The molecule has 34 heavy (non-hydrogen) atoms. The normalized spacial score (nSPS) is 12.1. The molecule has 2 aromatic carbocycles. The van der Waals surface area contributed by atoms with Gasteiger partial charge in [-0.15, -0.1) is 0 Å². The second-order valence-electron chi connectivity index (χ2n) is 9.13. The van der Waals surface area contributed by atoms with Crippen molar-refractivity contribution in [2.45, 2.75) is 45.6 Å². The number of aromatic nitrogens is 4. The van der Waals surface area contributed by atoms with Crippen molar-refractivity contribution in [3.63, 3.8) is 0 Å². The number of phenols is 1. The molecular weight excluding hydrogens is 497 g/mol. The number of benzene rings is 2. The quantitative estimate of drug-likeness (QED) is 0.313. The van der Waals surface area contributed by atoms with E-state index in [4.69, 9.17) is 45.5 Å². The third-order valence-electron chi connectivity index (χ3n) is 5.48. The van der Waals surface area contributed by atoms with Crippen LogP contribution in [0.4, 0.5) is 0 Å². The number of aromatic hydroxyl groups is 1. The molecule has 0 aliphatic heterocycles. The van der Waals surface area contributed by atoms with Crippen LogP contribution in [0.1, 0.15) is 56.3 Å². The highest BCUT2D eigenvalue weighted by atomic mass is 35.5. The van der Waals surface area contributed by atoms with Crippen molar-refractivity contribution in [2.24, 2.45) is 5.73 Å². The average Bonchev–Trinajstić information content (AvgIpc) is 3.06. The largest absolute Gasteiger partial charge is 0.508 e. The standard InChI is InChI=1S/C24H24Cl3N5O2/c1-11(2)20-19-22(32(31-20)21-15(26)9-13(25)10-16(21)27)29-18(30-23(19)34)8-12-5-6-14(17(33)7-12)24(3,4)28/h5-7,9-11,33H,8,28H2,1-4H3,(H,29,30,34). The predicted molar refractivity (Wildman–Crippen MR) is 137 cm³/mol. The Hall–Kier alpha value is -2.58. The zero-order chi connectivity index (χ0) is 24.9. The molecule has 4 rings (SSSR count). The number of nitrogens with one attached hydrogen (secondary N) is 1. The van der Waals surface area contributed by atoms with Crippen molar-refractivity contribution >= 4 is 45.8 Å². The van der Waals surface area contributed by atoms with E-state index in [9.17, 15) is 9.90 Å². The summed E-state index contributed by atoms with van der Waals surface area (Å²) in [7, 11) is 0. The topological polar surface area (TPSA) is 110 Å². The van der Waals surface area contributed by atoms with E-state index < -0.39 is 5.54 Å². The molecule has 0 unspecified atom stereocenters. The number of nitrogens with two attached hydrogens (primary N) is 1. The van der Waals surface area contributed by atoms with Gasteiger partial charge >= 0.3 is 0 Å². The maximum absolute atomic E-state index is 13.1. The number of halogens is 3. The van der Waals surface area contributed by atoms with Crippen LogP contribution in [0.5, 0.6) is 5.75 Å². The van der Waals surface area contributed by atoms with Crippen molar-refractivity contribution in [1.29, 1.82) is 0 Å². The minimum atomic E-state index is -0.690. The summed E-state index contributed by atoms with van der Waals surface area (Å²) >= 11 is 19.0. The highest BCUT2D eigenvalue weighted by Crippen LogP contribution is 2.35.